The van der Waals surface area contributed by atoms with Crippen LogP contribution in [0.4, 0.5) is 0 Å². The van der Waals surface area contributed by atoms with Crippen molar-refractivity contribution < 1.29 is 23.9 Å². The topological polar surface area (TPSA) is 99.3 Å². The summed E-state index contributed by atoms with van der Waals surface area (Å²) in [6.45, 7) is 6.06. The number of likely N-dealkylation sites (tertiary alicyclic amines) is 1. The monoisotopic (exact) mass is 502 g/mol. The van der Waals surface area contributed by atoms with Gasteiger partial charge in [-0.25, -0.2) is 0 Å². The molecule has 4 rings (SSSR count). The molecule has 3 aliphatic rings. The van der Waals surface area contributed by atoms with Crippen LogP contribution in [0, 0.1) is 5.92 Å². The fourth-order valence-electron chi connectivity index (χ4n) is 4.92. The first-order chi connectivity index (χ1) is 16.9. The van der Waals surface area contributed by atoms with Crippen molar-refractivity contribution in [3.63, 3.8) is 0 Å². The summed E-state index contributed by atoms with van der Waals surface area (Å²) < 4.78 is 5.39. The van der Waals surface area contributed by atoms with E-state index in [-0.39, 0.29) is 36.5 Å². The Hall–Kier alpha value is -2.72. The van der Waals surface area contributed by atoms with Crippen LogP contribution in [-0.2, 0) is 30.5 Å². The molecule has 1 unspecified atom stereocenters. The quantitative estimate of drug-likeness (QED) is 0.555. The summed E-state index contributed by atoms with van der Waals surface area (Å²) in [5.41, 5.74) is 1.26. The lowest BCUT2D eigenvalue weighted by atomic mass is 9.88. The minimum Gasteiger partial charge on any atom is -0.378 e. The van der Waals surface area contributed by atoms with Gasteiger partial charge in [0, 0.05) is 61.7 Å². The smallest absolute Gasteiger partial charge is 0.251 e. The van der Waals surface area contributed by atoms with Crippen molar-refractivity contribution >= 4 is 35.0 Å². The molecule has 10 heteroatoms. The summed E-state index contributed by atoms with van der Waals surface area (Å²) in [6, 6.07) is 3.89. The SMILES string of the molecule is CC1=C(C(=O)N2CCOCC2)CC(CC(=O)NCc2cccs2)C(=O)N1CCCN1CCCC1=O. The maximum absolute atomic E-state index is 13.4. The highest BCUT2D eigenvalue weighted by atomic mass is 32.1. The summed E-state index contributed by atoms with van der Waals surface area (Å²) in [5.74, 6) is -0.833. The fraction of sp³-hybridized carbons (Fsp3) is 0.600. The van der Waals surface area contributed by atoms with E-state index in [2.05, 4.69) is 5.32 Å². The molecule has 0 radical (unpaired) electrons. The second-order valence-electron chi connectivity index (χ2n) is 9.26. The lowest BCUT2D eigenvalue weighted by Crippen LogP contribution is -2.47. The minimum atomic E-state index is -0.588. The summed E-state index contributed by atoms with van der Waals surface area (Å²) in [6.07, 6.45) is 2.39. The van der Waals surface area contributed by atoms with E-state index < -0.39 is 5.92 Å². The molecular weight excluding hydrogens is 468 g/mol. The Balaban J connectivity index is 1.45. The molecule has 0 aliphatic carbocycles. The summed E-state index contributed by atoms with van der Waals surface area (Å²) >= 11 is 1.57. The number of carbonyl (C=O) groups excluding carboxylic acids is 4. The van der Waals surface area contributed by atoms with Crippen LogP contribution in [0.25, 0.3) is 0 Å². The molecular formula is C25H34N4O5S. The van der Waals surface area contributed by atoms with Crippen LogP contribution in [0.3, 0.4) is 0 Å². The minimum absolute atomic E-state index is 0.0402. The molecule has 0 bridgehead atoms. The van der Waals surface area contributed by atoms with E-state index in [0.717, 1.165) is 17.8 Å². The number of nitrogens with zero attached hydrogens (tertiary/aromatic N) is 3. The van der Waals surface area contributed by atoms with Gasteiger partial charge in [0.1, 0.15) is 0 Å². The Bertz CT molecular complexity index is 971. The molecule has 0 saturated carbocycles. The van der Waals surface area contributed by atoms with Gasteiger partial charge in [0.15, 0.2) is 0 Å². The molecule has 1 aromatic heterocycles. The number of allylic oxidation sites excluding steroid dienone is 1. The first kappa shape index (κ1) is 25.4. The maximum atomic E-state index is 13.4. The second kappa shape index (κ2) is 11.8. The van der Waals surface area contributed by atoms with Crippen molar-refractivity contribution in [1.29, 1.82) is 0 Å². The van der Waals surface area contributed by atoms with Gasteiger partial charge in [-0.15, -0.1) is 11.3 Å². The molecule has 9 nitrogen and oxygen atoms in total. The van der Waals surface area contributed by atoms with Gasteiger partial charge in [0.2, 0.25) is 17.7 Å². The van der Waals surface area contributed by atoms with E-state index in [1.165, 1.54) is 0 Å². The number of thiophene rings is 1. The van der Waals surface area contributed by atoms with Crippen molar-refractivity contribution in [2.75, 3.05) is 45.9 Å². The lowest BCUT2D eigenvalue weighted by molar-refractivity contribution is -0.139. The highest BCUT2D eigenvalue weighted by Crippen LogP contribution is 2.31. The zero-order chi connectivity index (χ0) is 24.8. The Morgan fingerprint density at radius 3 is 2.66 bits per heavy atom. The molecule has 2 saturated heterocycles. The predicted octanol–water partition coefficient (Wildman–Crippen LogP) is 1.75. The van der Waals surface area contributed by atoms with Crippen molar-refractivity contribution in [2.45, 2.75) is 45.6 Å². The van der Waals surface area contributed by atoms with E-state index in [1.807, 2.05) is 29.3 Å². The van der Waals surface area contributed by atoms with E-state index in [0.29, 0.717) is 70.0 Å². The standard InChI is InChI=1S/C25H34N4O5S/c1-18-21(25(33)28-10-12-34-13-11-28)15-19(16-22(30)26-17-20-5-3-14-35-20)24(32)29(18)9-4-8-27-7-2-6-23(27)31/h3,5,14,19H,2,4,6-13,15-17H2,1H3,(H,26,30). The number of nitrogens with one attached hydrogen (secondary N) is 1. The number of ether oxygens (including phenoxy) is 1. The molecule has 0 aromatic carbocycles. The van der Waals surface area contributed by atoms with Gasteiger partial charge in [-0.3, -0.25) is 19.2 Å². The number of morpholine rings is 1. The van der Waals surface area contributed by atoms with Crippen LogP contribution >= 0.6 is 11.3 Å². The van der Waals surface area contributed by atoms with Gasteiger partial charge < -0.3 is 24.8 Å². The number of rotatable bonds is 9. The third-order valence-corrected chi connectivity index (χ3v) is 7.79. The predicted molar refractivity (Wildman–Crippen MR) is 131 cm³/mol. The van der Waals surface area contributed by atoms with Crippen molar-refractivity contribution in [3.8, 4) is 0 Å². The third-order valence-electron chi connectivity index (χ3n) is 6.92. The summed E-state index contributed by atoms with van der Waals surface area (Å²) in [5, 5.41) is 4.86. The first-order valence-electron chi connectivity index (χ1n) is 12.4. The van der Waals surface area contributed by atoms with Gasteiger partial charge in [0.05, 0.1) is 25.7 Å². The first-order valence-corrected chi connectivity index (χ1v) is 13.3. The zero-order valence-electron chi connectivity index (χ0n) is 20.3. The molecule has 1 atom stereocenters. The van der Waals surface area contributed by atoms with Gasteiger partial charge >= 0.3 is 0 Å². The van der Waals surface area contributed by atoms with E-state index in [9.17, 15) is 19.2 Å². The molecule has 1 N–H and O–H groups in total. The van der Waals surface area contributed by atoms with Crippen molar-refractivity contribution in [3.05, 3.63) is 33.7 Å². The van der Waals surface area contributed by atoms with Gasteiger partial charge in [-0.1, -0.05) is 6.07 Å². The lowest BCUT2D eigenvalue weighted by Gasteiger charge is -2.37. The molecule has 4 heterocycles. The molecule has 35 heavy (non-hydrogen) atoms. The van der Waals surface area contributed by atoms with Crippen molar-refractivity contribution in [1.82, 2.24) is 20.0 Å². The maximum Gasteiger partial charge on any atom is 0.251 e. The Morgan fingerprint density at radius 1 is 1.17 bits per heavy atom. The zero-order valence-corrected chi connectivity index (χ0v) is 21.1. The van der Waals surface area contributed by atoms with Crippen LogP contribution < -0.4 is 5.32 Å². The van der Waals surface area contributed by atoms with Gasteiger partial charge in [-0.05, 0) is 37.6 Å². The van der Waals surface area contributed by atoms with Crippen LogP contribution in [0.15, 0.2) is 28.8 Å². The molecule has 3 aliphatic heterocycles. The average Bonchev–Trinajstić information content (AvgIpc) is 3.53. The fourth-order valence-corrected chi connectivity index (χ4v) is 5.57. The molecule has 1 aromatic rings. The summed E-state index contributed by atoms with van der Waals surface area (Å²) in [7, 11) is 0. The number of carbonyl (C=O) groups is 4. The van der Waals surface area contributed by atoms with Crippen LogP contribution in [0.2, 0.25) is 0 Å². The largest absolute Gasteiger partial charge is 0.378 e. The summed E-state index contributed by atoms with van der Waals surface area (Å²) in [4.78, 5) is 57.8. The highest BCUT2D eigenvalue weighted by Gasteiger charge is 2.37. The van der Waals surface area contributed by atoms with Crippen LogP contribution in [0.1, 0.15) is 43.9 Å². The second-order valence-corrected chi connectivity index (χ2v) is 10.3. The van der Waals surface area contributed by atoms with Crippen LogP contribution in [-0.4, -0.2) is 84.3 Å². The Kier molecular flexibility index (Phi) is 8.56. The van der Waals surface area contributed by atoms with Crippen molar-refractivity contribution in [2.24, 2.45) is 5.92 Å². The average molecular weight is 503 g/mol. The van der Waals surface area contributed by atoms with E-state index in [4.69, 9.17) is 4.74 Å². The van der Waals surface area contributed by atoms with E-state index in [1.54, 1.807) is 21.1 Å². The third kappa shape index (κ3) is 6.29. The number of hydrogen-bond donors (Lipinski definition) is 1. The van der Waals surface area contributed by atoms with Gasteiger partial charge in [-0.2, -0.15) is 0 Å². The molecule has 2 fully saturated rings. The number of amides is 4. The van der Waals surface area contributed by atoms with Gasteiger partial charge in [0.25, 0.3) is 5.91 Å². The molecule has 0 spiro atoms. The Labute approximate surface area is 210 Å². The van der Waals surface area contributed by atoms with Crippen LogP contribution in [0.5, 0.6) is 0 Å². The molecule has 4 amide bonds. The normalized spacial score (nSPS) is 21.2. The number of hydrogen-bond acceptors (Lipinski definition) is 6. The Morgan fingerprint density at radius 2 is 1.97 bits per heavy atom. The molecule has 190 valence electrons. The van der Waals surface area contributed by atoms with E-state index >= 15 is 0 Å². The highest BCUT2D eigenvalue weighted by molar-refractivity contribution is 7.09.